The van der Waals surface area contributed by atoms with Gasteiger partial charge in [0.15, 0.2) is 0 Å². The number of carbonyl (C=O) groups is 1. The standard InChI is InChI=1S/C20H24N4OS/c21-20(18-4-3-13-26-18)22-16-6-7-17-15(14-16)5-8-19(25)24(17)12-11-23-9-1-2-10-23/h3-4,6-7,13-14H,1-2,5,8-12H2,(H2,21,22)/p+1. The summed E-state index contributed by atoms with van der Waals surface area (Å²) in [5, 5.41) is 2.01. The molecule has 136 valence electrons. The van der Waals surface area contributed by atoms with Gasteiger partial charge in [0, 0.05) is 25.2 Å². The van der Waals surface area contributed by atoms with Crippen molar-refractivity contribution in [2.75, 3.05) is 31.1 Å². The summed E-state index contributed by atoms with van der Waals surface area (Å²) in [6.07, 6.45) is 3.94. The number of anilines is 1. The second kappa shape index (κ2) is 7.60. The highest BCUT2D eigenvalue weighted by molar-refractivity contribution is 7.12. The van der Waals surface area contributed by atoms with Crippen molar-refractivity contribution >= 4 is 34.5 Å². The van der Waals surface area contributed by atoms with Crippen LogP contribution in [0.2, 0.25) is 0 Å². The van der Waals surface area contributed by atoms with E-state index >= 15 is 0 Å². The third-order valence-electron chi connectivity index (χ3n) is 5.18. The molecule has 6 heteroatoms. The van der Waals surface area contributed by atoms with Crippen molar-refractivity contribution in [3.8, 4) is 0 Å². The predicted octanol–water partition coefficient (Wildman–Crippen LogP) is 1.24. The maximum atomic E-state index is 12.4. The second-order valence-corrected chi connectivity index (χ2v) is 7.90. The lowest BCUT2D eigenvalue weighted by Gasteiger charge is -2.31. The van der Waals surface area contributed by atoms with Gasteiger partial charge in [-0.2, -0.15) is 0 Å². The number of nitrogens with one attached hydrogen (secondary N) is 1. The van der Waals surface area contributed by atoms with Crippen LogP contribution in [-0.2, 0) is 11.2 Å². The van der Waals surface area contributed by atoms with Crippen molar-refractivity contribution < 1.29 is 9.79 Å². The van der Waals surface area contributed by atoms with Crippen LogP contribution in [0.4, 0.5) is 11.4 Å². The van der Waals surface area contributed by atoms with Gasteiger partial charge in [-0.15, -0.1) is 11.3 Å². The zero-order valence-electron chi connectivity index (χ0n) is 14.9. The fourth-order valence-corrected chi connectivity index (χ4v) is 4.42. The molecule has 1 aromatic heterocycles. The molecule has 0 bridgehead atoms. The Kier molecular flexibility index (Phi) is 5.04. The van der Waals surface area contributed by atoms with Gasteiger partial charge in [0.2, 0.25) is 5.91 Å². The second-order valence-electron chi connectivity index (χ2n) is 6.95. The minimum absolute atomic E-state index is 0.238. The molecule has 0 atom stereocenters. The minimum Gasteiger partial charge on any atom is -0.311 e. The van der Waals surface area contributed by atoms with Crippen molar-refractivity contribution in [1.29, 1.82) is 0 Å². The summed E-state index contributed by atoms with van der Waals surface area (Å²) in [6, 6.07) is 10.2. The Morgan fingerprint density at radius 3 is 2.77 bits per heavy atom. The number of likely N-dealkylation sites (tertiary alicyclic amines) is 1. The number of hydrogen-bond donors (Lipinski definition) is 2. The first-order valence-corrected chi connectivity index (χ1v) is 10.2. The topological polar surface area (TPSA) is 63.5 Å². The number of nitrogens with two attached hydrogens (primary N) is 1. The minimum atomic E-state index is 0.238. The zero-order chi connectivity index (χ0) is 17.9. The van der Waals surface area contributed by atoms with Crippen LogP contribution in [0, 0.1) is 0 Å². The van der Waals surface area contributed by atoms with Gasteiger partial charge in [-0.3, -0.25) is 10.5 Å². The third kappa shape index (κ3) is 3.66. The maximum Gasteiger partial charge on any atom is 0.288 e. The smallest absolute Gasteiger partial charge is 0.288 e. The first kappa shape index (κ1) is 17.2. The van der Waals surface area contributed by atoms with Crippen LogP contribution in [0.25, 0.3) is 0 Å². The molecule has 1 saturated heterocycles. The van der Waals surface area contributed by atoms with Gasteiger partial charge < -0.3 is 9.80 Å². The highest BCUT2D eigenvalue weighted by atomic mass is 32.1. The molecule has 2 aromatic rings. The number of rotatable bonds is 5. The summed E-state index contributed by atoms with van der Waals surface area (Å²) >= 11 is 1.62. The lowest BCUT2D eigenvalue weighted by molar-refractivity contribution is -0.354. The largest absolute Gasteiger partial charge is 0.311 e. The number of amidine groups is 1. The fourth-order valence-electron chi connectivity index (χ4n) is 3.78. The number of thiophene rings is 1. The summed E-state index contributed by atoms with van der Waals surface area (Å²) in [5.41, 5.74) is 9.41. The Hall–Kier alpha value is -2.18. The van der Waals surface area contributed by atoms with E-state index < -0.39 is 0 Å². The monoisotopic (exact) mass is 369 g/mol. The number of benzene rings is 1. The molecule has 26 heavy (non-hydrogen) atoms. The Labute approximate surface area is 158 Å². The van der Waals surface area contributed by atoms with Gasteiger partial charge in [0.1, 0.15) is 10.6 Å². The molecule has 4 rings (SSSR count). The van der Waals surface area contributed by atoms with Crippen LogP contribution in [0.1, 0.15) is 29.7 Å². The summed E-state index contributed by atoms with van der Waals surface area (Å²) in [4.78, 5) is 21.2. The van der Waals surface area contributed by atoms with Crippen LogP contribution in [0.15, 0.2) is 35.7 Å². The lowest BCUT2D eigenvalue weighted by Crippen LogP contribution is -2.69. The molecule has 0 aliphatic carbocycles. The van der Waals surface area contributed by atoms with Crippen LogP contribution in [0.5, 0.6) is 0 Å². The molecular weight excluding hydrogens is 344 g/mol. The molecule has 3 N–H and O–H groups in total. The predicted molar refractivity (Wildman–Crippen MR) is 106 cm³/mol. The molecule has 0 saturated carbocycles. The molecule has 0 spiro atoms. The van der Waals surface area contributed by atoms with E-state index in [2.05, 4.69) is 22.0 Å². The third-order valence-corrected chi connectivity index (χ3v) is 6.09. The normalized spacial score (nSPS) is 18.4. The number of fused-ring (bicyclic) bond motifs is 1. The summed E-state index contributed by atoms with van der Waals surface area (Å²) in [7, 11) is 0. The Morgan fingerprint density at radius 1 is 1.15 bits per heavy atom. The lowest BCUT2D eigenvalue weighted by atomic mass is 10.0. The molecule has 0 unspecified atom stereocenters. The summed E-state index contributed by atoms with van der Waals surface area (Å²) in [5.74, 6) is 0.903. The molecule has 1 aromatic carbocycles. The number of aryl methyl sites for hydroxylation is 1. The average molecular weight is 370 g/mol. The first-order chi connectivity index (χ1) is 12.7. The highest BCUT2D eigenvalue weighted by Gasteiger charge is 2.25. The van der Waals surface area contributed by atoms with Gasteiger partial charge in [0.05, 0.1) is 0 Å². The molecule has 1 amide bonds. The van der Waals surface area contributed by atoms with Crippen LogP contribution < -0.4 is 15.6 Å². The van der Waals surface area contributed by atoms with Gasteiger partial charge in [-0.1, -0.05) is 6.07 Å². The van der Waals surface area contributed by atoms with Gasteiger partial charge >= 0.3 is 0 Å². The summed E-state index contributed by atoms with van der Waals surface area (Å²) < 4.78 is 0. The number of hydrogen-bond acceptors (Lipinski definition) is 3. The van der Waals surface area contributed by atoms with E-state index in [9.17, 15) is 4.79 Å². The van der Waals surface area contributed by atoms with Crippen LogP contribution in [-0.4, -0.2) is 42.8 Å². The van der Waals surface area contributed by atoms with Crippen molar-refractivity contribution in [3.05, 3.63) is 46.2 Å². The zero-order valence-corrected chi connectivity index (χ0v) is 15.7. The Balaban J connectivity index is 1.53. The fraction of sp³-hybridized carbons (Fsp3) is 0.400. The van der Waals surface area contributed by atoms with Crippen LogP contribution >= 0.6 is 11.3 Å². The van der Waals surface area contributed by atoms with E-state index in [1.165, 1.54) is 18.4 Å². The van der Waals surface area contributed by atoms with E-state index in [-0.39, 0.29) is 5.91 Å². The van der Waals surface area contributed by atoms with Crippen LogP contribution in [0.3, 0.4) is 0 Å². The quantitative estimate of drug-likeness (QED) is 0.616. The van der Waals surface area contributed by atoms with Crippen molar-refractivity contribution in [1.82, 2.24) is 4.90 Å². The molecule has 3 heterocycles. The van der Waals surface area contributed by atoms with E-state index in [0.29, 0.717) is 12.3 Å². The van der Waals surface area contributed by atoms with E-state index in [1.54, 1.807) is 11.3 Å². The molecular formula is C20H25N4OS+. The van der Waals surface area contributed by atoms with Gasteiger partial charge in [-0.25, -0.2) is 4.99 Å². The maximum absolute atomic E-state index is 12.4. The molecule has 2 aliphatic rings. The molecule has 1 fully saturated rings. The van der Waals surface area contributed by atoms with Crippen molar-refractivity contribution in [2.45, 2.75) is 25.7 Å². The molecule has 0 radical (unpaired) electrons. The van der Waals surface area contributed by atoms with E-state index in [4.69, 9.17) is 5.73 Å². The number of nitrogens with zero attached hydrogens (tertiary/aromatic N) is 2. The average Bonchev–Trinajstić information content (AvgIpc) is 3.35. The van der Waals surface area contributed by atoms with Gasteiger partial charge in [0.25, 0.3) is 5.84 Å². The number of carbonyl (C=O) groups excluding carboxylic acids is 1. The number of amides is 1. The first-order valence-electron chi connectivity index (χ1n) is 9.30. The van der Waals surface area contributed by atoms with Crippen molar-refractivity contribution in [2.24, 2.45) is 5.73 Å². The SMILES string of the molecule is NC(=[NH+]c1ccc2c(c1)CCC(=O)N2CCN1CCCC1)c1cccs1. The molecule has 5 nitrogen and oxygen atoms in total. The Morgan fingerprint density at radius 2 is 2.00 bits per heavy atom. The summed E-state index contributed by atoms with van der Waals surface area (Å²) in [6.45, 7) is 4.07. The van der Waals surface area contributed by atoms with E-state index in [0.717, 1.165) is 48.9 Å². The van der Waals surface area contributed by atoms with E-state index in [1.807, 2.05) is 28.5 Å². The Bertz CT molecular complexity index is 809. The van der Waals surface area contributed by atoms with Gasteiger partial charge in [-0.05, 0) is 67.6 Å². The van der Waals surface area contributed by atoms with Crippen molar-refractivity contribution in [3.63, 3.8) is 0 Å². The molecule has 2 aliphatic heterocycles. The highest BCUT2D eigenvalue weighted by Crippen LogP contribution is 2.29. The number of nitrogen functional groups attached to an aromatic ring is 1.